The standard InChI is InChI=1S/C14H16ClN3O3S/c1-4-5-21-12-10(15)6-9(7-11(12)20-3)13(19)16-14-18-17-8(2)22-14/h6-7H,4-5H2,1-3H3,(H,16,18,19). The number of ether oxygens (including phenoxy) is 2. The number of aromatic nitrogens is 2. The molecule has 118 valence electrons. The lowest BCUT2D eigenvalue weighted by Crippen LogP contribution is -2.12. The van der Waals surface area contributed by atoms with Gasteiger partial charge >= 0.3 is 0 Å². The van der Waals surface area contributed by atoms with Gasteiger partial charge in [-0.15, -0.1) is 10.2 Å². The summed E-state index contributed by atoms with van der Waals surface area (Å²) in [6.07, 6.45) is 0.845. The summed E-state index contributed by atoms with van der Waals surface area (Å²) in [7, 11) is 1.50. The van der Waals surface area contributed by atoms with Crippen molar-refractivity contribution in [3.05, 3.63) is 27.7 Å². The van der Waals surface area contributed by atoms with Crippen molar-refractivity contribution in [2.24, 2.45) is 0 Å². The molecule has 1 heterocycles. The fraction of sp³-hybridized carbons (Fsp3) is 0.357. The van der Waals surface area contributed by atoms with E-state index < -0.39 is 0 Å². The minimum Gasteiger partial charge on any atom is -0.493 e. The molecule has 1 aromatic heterocycles. The smallest absolute Gasteiger partial charge is 0.257 e. The molecule has 0 spiro atoms. The Balaban J connectivity index is 2.23. The molecule has 1 N–H and O–H groups in total. The zero-order chi connectivity index (χ0) is 16.1. The zero-order valence-electron chi connectivity index (χ0n) is 12.5. The van der Waals surface area contributed by atoms with Crippen LogP contribution in [0.3, 0.4) is 0 Å². The van der Waals surface area contributed by atoms with Crippen molar-refractivity contribution < 1.29 is 14.3 Å². The fourth-order valence-electron chi connectivity index (χ4n) is 1.71. The normalized spacial score (nSPS) is 10.4. The molecule has 0 aliphatic rings. The van der Waals surface area contributed by atoms with Crippen LogP contribution in [-0.2, 0) is 0 Å². The Kier molecular flexibility index (Phi) is 5.57. The third kappa shape index (κ3) is 3.86. The van der Waals surface area contributed by atoms with Crippen LogP contribution in [0.1, 0.15) is 28.7 Å². The predicted octanol–water partition coefficient (Wildman–Crippen LogP) is 3.55. The number of aryl methyl sites for hydroxylation is 1. The summed E-state index contributed by atoms with van der Waals surface area (Å²) in [4.78, 5) is 12.2. The molecule has 0 unspecified atom stereocenters. The first kappa shape index (κ1) is 16.5. The van der Waals surface area contributed by atoms with Crippen LogP contribution in [0, 0.1) is 6.92 Å². The monoisotopic (exact) mass is 341 g/mol. The number of benzene rings is 1. The van der Waals surface area contributed by atoms with E-state index in [-0.39, 0.29) is 5.91 Å². The second kappa shape index (κ2) is 7.42. The summed E-state index contributed by atoms with van der Waals surface area (Å²) in [6, 6.07) is 3.12. The number of nitrogens with zero attached hydrogens (tertiary/aromatic N) is 2. The number of methoxy groups -OCH3 is 1. The van der Waals surface area contributed by atoms with Crippen molar-refractivity contribution >= 4 is 34.0 Å². The molecular weight excluding hydrogens is 326 g/mol. The van der Waals surface area contributed by atoms with Gasteiger partial charge in [-0.2, -0.15) is 0 Å². The average molecular weight is 342 g/mol. The maximum Gasteiger partial charge on any atom is 0.257 e. The molecular formula is C14H16ClN3O3S. The molecule has 0 fully saturated rings. The maximum atomic E-state index is 12.2. The Morgan fingerprint density at radius 3 is 2.77 bits per heavy atom. The van der Waals surface area contributed by atoms with E-state index in [1.807, 2.05) is 13.8 Å². The van der Waals surface area contributed by atoms with Gasteiger partial charge in [0.05, 0.1) is 18.7 Å². The zero-order valence-corrected chi connectivity index (χ0v) is 14.0. The largest absolute Gasteiger partial charge is 0.493 e. The number of hydrogen-bond acceptors (Lipinski definition) is 6. The molecule has 1 aromatic carbocycles. The van der Waals surface area contributed by atoms with Crippen molar-refractivity contribution in [2.75, 3.05) is 19.0 Å². The molecule has 1 amide bonds. The van der Waals surface area contributed by atoms with E-state index in [0.717, 1.165) is 11.4 Å². The van der Waals surface area contributed by atoms with Gasteiger partial charge in [0, 0.05) is 5.56 Å². The van der Waals surface area contributed by atoms with Crippen LogP contribution < -0.4 is 14.8 Å². The Labute approximate surface area is 137 Å². The number of rotatable bonds is 6. The molecule has 0 bridgehead atoms. The number of halogens is 1. The maximum absolute atomic E-state index is 12.2. The lowest BCUT2D eigenvalue weighted by atomic mass is 10.2. The molecule has 0 atom stereocenters. The van der Waals surface area contributed by atoms with Gasteiger partial charge in [0.25, 0.3) is 5.91 Å². The summed E-state index contributed by atoms with van der Waals surface area (Å²) < 4.78 is 10.8. The van der Waals surface area contributed by atoms with Crippen molar-refractivity contribution in [1.29, 1.82) is 0 Å². The molecule has 0 aliphatic heterocycles. The van der Waals surface area contributed by atoms with Gasteiger partial charge in [-0.05, 0) is 25.5 Å². The van der Waals surface area contributed by atoms with Gasteiger partial charge in [-0.25, -0.2) is 0 Å². The van der Waals surface area contributed by atoms with E-state index >= 15 is 0 Å². The summed E-state index contributed by atoms with van der Waals surface area (Å²) in [5.74, 6) is 0.521. The number of hydrogen-bond donors (Lipinski definition) is 1. The third-order valence-corrected chi connectivity index (χ3v) is 3.72. The predicted molar refractivity (Wildman–Crippen MR) is 86.4 cm³/mol. The second-order valence-electron chi connectivity index (χ2n) is 4.42. The molecule has 0 saturated heterocycles. The average Bonchev–Trinajstić information content (AvgIpc) is 2.90. The molecule has 0 aliphatic carbocycles. The Morgan fingerprint density at radius 1 is 1.41 bits per heavy atom. The highest BCUT2D eigenvalue weighted by Crippen LogP contribution is 2.36. The topological polar surface area (TPSA) is 73.3 Å². The minimum atomic E-state index is -0.335. The van der Waals surface area contributed by atoms with Crippen LogP contribution in [0.15, 0.2) is 12.1 Å². The summed E-state index contributed by atoms with van der Waals surface area (Å²) in [6.45, 7) is 4.32. The van der Waals surface area contributed by atoms with Crippen molar-refractivity contribution in [2.45, 2.75) is 20.3 Å². The van der Waals surface area contributed by atoms with Crippen LogP contribution in [-0.4, -0.2) is 29.8 Å². The quantitative estimate of drug-likeness (QED) is 0.869. The first-order valence-corrected chi connectivity index (χ1v) is 7.86. The van der Waals surface area contributed by atoms with E-state index in [2.05, 4.69) is 15.5 Å². The Bertz CT molecular complexity index is 675. The van der Waals surface area contributed by atoms with Crippen LogP contribution in [0.2, 0.25) is 5.02 Å². The van der Waals surface area contributed by atoms with Crippen molar-refractivity contribution in [3.63, 3.8) is 0 Å². The summed E-state index contributed by atoms with van der Waals surface area (Å²) >= 11 is 7.49. The number of carbonyl (C=O) groups is 1. The van der Waals surface area contributed by atoms with Crippen molar-refractivity contribution in [3.8, 4) is 11.5 Å². The van der Waals surface area contributed by atoms with E-state index in [4.69, 9.17) is 21.1 Å². The summed E-state index contributed by atoms with van der Waals surface area (Å²) in [5.41, 5.74) is 0.360. The SMILES string of the molecule is CCCOc1c(Cl)cc(C(=O)Nc2nnc(C)s2)cc1OC. The van der Waals surface area contributed by atoms with Gasteiger partial charge in [0.15, 0.2) is 11.5 Å². The van der Waals surface area contributed by atoms with Crippen molar-refractivity contribution in [1.82, 2.24) is 10.2 Å². The molecule has 2 aromatic rings. The number of nitrogens with one attached hydrogen (secondary N) is 1. The van der Waals surface area contributed by atoms with Crippen LogP contribution in [0.25, 0.3) is 0 Å². The first-order valence-electron chi connectivity index (χ1n) is 6.67. The van der Waals surface area contributed by atoms with Gasteiger partial charge < -0.3 is 9.47 Å². The molecule has 0 saturated carbocycles. The van der Waals surface area contributed by atoms with Crippen LogP contribution in [0.4, 0.5) is 5.13 Å². The summed E-state index contributed by atoms with van der Waals surface area (Å²) in [5, 5.41) is 11.9. The molecule has 6 nitrogen and oxygen atoms in total. The molecule has 22 heavy (non-hydrogen) atoms. The minimum absolute atomic E-state index is 0.325. The Hall–Kier alpha value is -1.86. The lowest BCUT2D eigenvalue weighted by molar-refractivity contribution is 0.102. The Morgan fingerprint density at radius 2 is 2.18 bits per heavy atom. The number of anilines is 1. The number of carbonyl (C=O) groups excluding carboxylic acids is 1. The number of amides is 1. The molecule has 0 radical (unpaired) electrons. The highest BCUT2D eigenvalue weighted by atomic mass is 35.5. The van der Waals surface area contributed by atoms with Gasteiger partial charge in [-0.1, -0.05) is 29.9 Å². The third-order valence-electron chi connectivity index (χ3n) is 2.69. The lowest BCUT2D eigenvalue weighted by Gasteiger charge is -2.13. The highest BCUT2D eigenvalue weighted by molar-refractivity contribution is 7.15. The van der Waals surface area contributed by atoms with Gasteiger partial charge in [-0.3, -0.25) is 10.1 Å². The van der Waals surface area contributed by atoms with E-state index in [1.54, 1.807) is 6.07 Å². The van der Waals surface area contributed by atoms with Gasteiger partial charge in [0.1, 0.15) is 5.01 Å². The second-order valence-corrected chi connectivity index (χ2v) is 6.01. The highest BCUT2D eigenvalue weighted by Gasteiger charge is 2.17. The first-order chi connectivity index (χ1) is 10.5. The van der Waals surface area contributed by atoms with Crippen LogP contribution >= 0.6 is 22.9 Å². The van der Waals surface area contributed by atoms with Gasteiger partial charge in [0.2, 0.25) is 5.13 Å². The fourth-order valence-corrected chi connectivity index (χ4v) is 2.56. The molecule has 2 rings (SSSR count). The van der Waals surface area contributed by atoms with E-state index in [1.165, 1.54) is 24.5 Å². The molecule has 8 heteroatoms. The van der Waals surface area contributed by atoms with E-state index in [0.29, 0.717) is 33.8 Å². The van der Waals surface area contributed by atoms with E-state index in [9.17, 15) is 4.79 Å². The van der Waals surface area contributed by atoms with Crippen LogP contribution in [0.5, 0.6) is 11.5 Å².